The molecular formula is C18H15FN2O. The highest BCUT2D eigenvalue weighted by molar-refractivity contribution is 5.59. The lowest BCUT2D eigenvalue weighted by atomic mass is 10.1. The van der Waals surface area contributed by atoms with E-state index in [1.165, 1.54) is 12.1 Å². The molecule has 4 heteroatoms. The zero-order valence-electron chi connectivity index (χ0n) is 12.4. The maximum Gasteiger partial charge on any atom is 0.219 e. The Kier molecular flexibility index (Phi) is 3.83. The standard InChI is InChI=1S/C18H15FN2O/c1-12-3-10-18(21-13(12)2)22-16-8-9-17(20-11-16)14-4-6-15(19)7-5-14/h3-11H,1-2H3. The molecule has 22 heavy (non-hydrogen) atoms. The normalized spacial score (nSPS) is 10.5. The highest BCUT2D eigenvalue weighted by Crippen LogP contribution is 2.23. The van der Waals surface area contributed by atoms with Crippen LogP contribution < -0.4 is 4.74 Å². The third-order valence-electron chi connectivity index (χ3n) is 3.42. The van der Waals surface area contributed by atoms with E-state index in [1.54, 1.807) is 18.3 Å². The first kappa shape index (κ1) is 14.2. The summed E-state index contributed by atoms with van der Waals surface area (Å²) >= 11 is 0. The summed E-state index contributed by atoms with van der Waals surface area (Å²) in [6.45, 7) is 3.95. The van der Waals surface area contributed by atoms with Crippen LogP contribution in [0.3, 0.4) is 0 Å². The van der Waals surface area contributed by atoms with Crippen LogP contribution in [0.4, 0.5) is 4.39 Å². The van der Waals surface area contributed by atoms with Crippen LogP contribution in [0.2, 0.25) is 0 Å². The van der Waals surface area contributed by atoms with Gasteiger partial charge in [0.15, 0.2) is 0 Å². The van der Waals surface area contributed by atoms with Gasteiger partial charge in [0.2, 0.25) is 5.88 Å². The molecule has 110 valence electrons. The fraction of sp³-hybridized carbons (Fsp3) is 0.111. The van der Waals surface area contributed by atoms with Gasteiger partial charge in [-0.2, -0.15) is 0 Å². The highest BCUT2D eigenvalue weighted by atomic mass is 19.1. The summed E-state index contributed by atoms with van der Waals surface area (Å²) in [5, 5.41) is 0. The number of hydrogen-bond acceptors (Lipinski definition) is 3. The van der Waals surface area contributed by atoms with Crippen molar-refractivity contribution in [2.24, 2.45) is 0 Å². The maximum absolute atomic E-state index is 12.9. The van der Waals surface area contributed by atoms with Crippen LogP contribution in [0.5, 0.6) is 11.6 Å². The molecular weight excluding hydrogens is 279 g/mol. The Bertz CT molecular complexity index is 783. The Hall–Kier alpha value is -2.75. The van der Waals surface area contributed by atoms with Crippen molar-refractivity contribution in [1.29, 1.82) is 0 Å². The molecule has 0 bridgehead atoms. The largest absolute Gasteiger partial charge is 0.437 e. The SMILES string of the molecule is Cc1ccc(Oc2ccc(-c3ccc(F)cc3)nc2)nc1C. The smallest absolute Gasteiger partial charge is 0.219 e. The molecule has 3 rings (SSSR count). The summed E-state index contributed by atoms with van der Waals surface area (Å²) in [6.07, 6.45) is 1.63. The van der Waals surface area contributed by atoms with E-state index in [1.807, 2.05) is 38.1 Å². The summed E-state index contributed by atoms with van der Waals surface area (Å²) in [5.41, 5.74) is 3.68. The van der Waals surface area contributed by atoms with Crippen LogP contribution in [0, 0.1) is 19.7 Å². The molecule has 0 spiro atoms. The summed E-state index contributed by atoms with van der Waals surface area (Å²) in [6, 6.07) is 13.7. The van der Waals surface area contributed by atoms with Gasteiger partial charge in [-0.15, -0.1) is 0 Å². The zero-order valence-corrected chi connectivity index (χ0v) is 12.4. The van der Waals surface area contributed by atoms with E-state index in [-0.39, 0.29) is 5.82 Å². The predicted molar refractivity (Wildman–Crippen MR) is 83.4 cm³/mol. The van der Waals surface area contributed by atoms with Crippen LogP contribution in [0.25, 0.3) is 11.3 Å². The van der Waals surface area contributed by atoms with Gasteiger partial charge in [-0.25, -0.2) is 9.37 Å². The molecule has 3 aromatic rings. The molecule has 0 saturated carbocycles. The Morgan fingerprint density at radius 2 is 1.68 bits per heavy atom. The van der Waals surface area contributed by atoms with E-state index in [2.05, 4.69) is 9.97 Å². The molecule has 0 saturated heterocycles. The number of nitrogens with zero attached hydrogens (tertiary/aromatic N) is 2. The van der Waals surface area contributed by atoms with Crippen molar-refractivity contribution < 1.29 is 9.13 Å². The molecule has 0 fully saturated rings. The van der Waals surface area contributed by atoms with Crippen molar-refractivity contribution in [3.05, 3.63) is 71.8 Å². The zero-order chi connectivity index (χ0) is 15.5. The lowest BCUT2D eigenvalue weighted by Gasteiger charge is -2.07. The molecule has 0 N–H and O–H groups in total. The van der Waals surface area contributed by atoms with E-state index in [4.69, 9.17) is 4.74 Å². The fourth-order valence-corrected chi connectivity index (χ4v) is 2.02. The molecule has 0 aliphatic carbocycles. The second-order valence-corrected chi connectivity index (χ2v) is 5.04. The van der Waals surface area contributed by atoms with Gasteiger partial charge in [-0.1, -0.05) is 6.07 Å². The molecule has 0 unspecified atom stereocenters. The van der Waals surface area contributed by atoms with Crippen molar-refractivity contribution in [3.8, 4) is 22.9 Å². The average Bonchev–Trinajstić information content (AvgIpc) is 2.53. The lowest BCUT2D eigenvalue weighted by Crippen LogP contribution is -1.93. The van der Waals surface area contributed by atoms with Crippen LogP contribution in [-0.4, -0.2) is 9.97 Å². The number of benzene rings is 1. The van der Waals surface area contributed by atoms with Crippen LogP contribution >= 0.6 is 0 Å². The minimum absolute atomic E-state index is 0.260. The van der Waals surface area contributed by atoms with Gasteiger partial charge in [0.05, 0.1) is 11.9 Å². The predicted octanol–water partition coefficient (Wildman–Crippen LogP) is 4.69. The average molecular weight is 294 g/mol. The summed E-state index contributed by atoms with van der Waals surface area (Å²) in [7, 11) is 0. The first-order valence-corrected chi connectivity index (χ1v) is 6.96. The molecule has 2 heterocycles. The van der Waals surface area contributed by atoms with Crippen molar-refractivity contribution in [2.75, 3.05) is 0 Å². The first-order chi connectivity index (χ1) is 10.6. The topological polar surface area (TPSA) is 35.0 Å². The van der Waals surface area contributed by atoms with Crippen LogP contribution in [0.1, 0.15) is 11.3 Å². The minimum Gasteiger partial charge on any atom is -0.437 e. The number of aryl methyl sites for hydroxylation is 2. The lowest BCUT2D eigenvalue weighted by molar-refractivity contribution is 0.459. The van der Waals surface area contributed by atoms with Crippen molar-refractivity contribution >= 4 is 0 Å². The highest BCUT2D eigenvalue weighted by Gasteiger charge is 2.04. The Labute approximate surface area is 128 Å². The minimum atomic E-state index is -0.260. The van der Waals surface area contributed by atoms with E-state index in [9.17, 15) is 4.39 Å². The fourth-order valence-electron chi connectivity index (χ4n) is 2.02. The van der Waals surface area contributed by atoms with E-state index in [0.717, 1.165) is 22.5 Å². The molecule has 1 aromatic carbocycles. The number of aromatic nitrogens is 2. The van der Waals surface area contributed by atoms with Gasteiger partial charge in [-0.05, 0) is 55.8 Å². The van der Waals surface area contributed by atoms with Crippen molar-refractivity contribution in [2.45, 2.75) is 13.8 Å². The maximum atomic E-state index is 12.9. The van der Waals surface area contributed by atoms with Crippen LogP contribution in [0.15, 0.2) is 54.7 Å². The van der Waals surface area contributed by atoms with Gasteiger partial charge in [0.25, 0.3) is 0 Å². The number of rotatable bonds is 3. The Morgan fingerprint density at radius 3 is 2.32 bits per heavy atom. The second kappa shape index (κ2) is 5.93. The number of hydrogen-bond donors (Lipinski definition) is 0. The third-order valence-corrected chi connectivity index (χ3v) is 3.42. The molecule has 3 nitrogen and oxygen atoms in total. The van der Waals surface area contributed by atoms with Crippen LogP contribution in [-0.2, 0) is 0 Å². The van der Waals surface area contributed by atoms with Gasteiger partial charge in [0, 0.05) is 17.3 Å². The van der Waals surface area contributed by atoms with Crippen molar-refractivity contribution in [1.82, 2.24) is 9.97 Å². The van der Waals surface area contributed by atoms with Gasteiger partial charge in [-0.3, -0.25) is 4.98 Å². The number of ether oxygens (including phenoxy) is 1. The van der Waals surface area contributed by atoms with E-state index in [0.29, 0.717) is 11.6 Å². The Balaban J connectivity index is 1.79. The molecule has 0 aliphatic rings. The molecule has 0 atom stereocenters. The monoisotopic (exact) mass is 294 g/mol. The summed E-state index contributed by atoms with van der Waals surface area (Å²) in [4.78, 5) is 8.71. The molecule has 0 aliphatic heterocycles. The van der Waals surface area contributed by atoms with Gasteiger partial charge < -0.3 is 4.74 Å². The Morgan fingerprint density at radius 1 is 0.909 bits per heavy atom. The molecule has 2 aromatic heterocycles. The number of halogens is 1. The van der Waals surface area contributed by atoms with Gasteiger partial charge in [0.1, 0.15) is 11.6 Å². The summed E-state index contributed by atoms with van der Waals surface area (Å²) in [5.74, 6) is 0.894. The number of pyridine rings is 2. The van der Waals surface area contributed by atoms with E-state index < -0.39 is 0 Å². The molecule has 0 radical (unpaired) electrons. The quantitative estimate of drug-likeness (QED) is 0.702. The van der Waals surface area contributed by atoms with Gasteiger partial charge >= 0.3 is 0 Å². The molecule has 0 amide bonds. The second-order valence-electron chi connectivity index (χ2n) is 5.04. The summed E-state index contributed by atoms with van der Waals surface area (Å²) < 4.78 is 18.6. The van der Waals surface area contributed by atoms with E-state index >= 15 is 0 Å². The van der Waals surface area contributed by atoms with Crippen molar-refractivity contribution in [3.63, 3.8) is 0 Å². The first-order valence-electron chi connectivity index (χ1n) is 6.96. The third kappa shape index (κ3) is 3.11.